The van der Waals surface area contributed by atoms with Crippen LogP contribution in [0.3, 0.4) is 0 Å². The molecular weight excluding hydrogens is 124 g/mol. The number of rotatable bonds is 0. The summed E-state index contributed by atoms with van der Waals surface area (Å²) in [6, 6.07) is 0.738. The van der Waals surface area contributed by atoms with E-state index >= 15 is 0 Å². The highest BCUT2D eigenvalue weighted by Crippen LogP contribution is 2.27. The van der Waals surface area contributed by atoms with Gasteiger partial charge in [-0.05, 0) is 25.2 Å². The monoisotopic (exact) mass is 139 g/mol. The molecule has 0 bridgehead atoms. The zero-order chi connectivity index (χ0) is 6.81. The van der Waals surface area contributed by atoms with Crippen molar-refractivity contribution in [3.8, 4) is 0 Å². The van der Waals surface area contributed by atoms with Crippen LogP contribution in [0.15, 0.2) is 0 Å². The van der Waals surface area contributed by atoms with Crippen LogP contribution >= 0.6 is 0 Å². The van der Waals surface area contributed by atoms with Gasteiger partial charge in [0.15, 0.2) is 0 Å². The number of hydrogen-bond acceptors (Lipinski definition) is 1. The van der Waals surface area contributed by atoms with E-state index < -0.39 is 0 Å². The van der Waals surface area contributed by atoms with E-state index in [1.165, 1.54) is 32.1 Å². The molecule has 2 aliphatic rings. The van der Waals surface area contributed by atoms with Gasteiger partial charge in [-0.3, -0.25) is 0 Å². The zero-order valence-electron chi connectivity index (χ0n) is 6.34. The van der Waals surface area contributed by atoms with E-state index in [2.05, 4.69) is 10.9 Å². The number of hydrogen-bond donors (Lipinski definition) is 1. The predicted octanol–water partition coefficient (Wildman–Crippen LogP) is 1.06. The van der Waals surface area contributed by atoms with E-state index in [9.17, 15) is 0 Å². The van der Waals surface area contributed by atoms with Crippen LogP contribution in [0.1, 0.15) is 32.1 Å². The molecule has 0 aromatic heterocycles. The summed E-state index contributed by atoms with van der Waals surface area (Å²) < 4.78 is 0. The number of nitrogens with one attached hydrogen (secondary N) is 1. The molecule has 2 rings (SSSR count). The van der Waals surface area contributed by atoms with E-state index in [1.807, 2.05) is 0 Å². The number of nitrogens with zero attached hydrogens (tertiary/aromatic N) is 1. The van der Waals surface area contributed by atoms with Crippen molar-refractivity contribution in [2.24, 2.45) is 5.92 Å². The molecule has 1 aliphatic carbocycles. The summed E-state index contributed by atoms with van der Waals surface area (Å²) >= 11 is 0. The maximum atomic E-state index is 4.21. The van der Waals surface area contributed by atoms with Crippen molar-refractivity contribution in [2.75, 3.05) is 6.54 Å². The topological polar surface area (TPSA) is 26.1 Å². The maximum Gasteiger partial charge on any atom is 0.0307 e. The second-order valence-corrected chi connectivity index (χ2v) is 3.45. The molecule has 10 heavy (non-hydrogen) atoms. The van der Waals surface area contributed by atoms with Crippen molar-refractivity contribution in [3.63, 3.8) is 0 Å². The first-order valence-electron chi connectivity index (χ1n) is 4.39. The molecule has 2 atom stereocenters. The van der Waals surface area contributed by atoms with Crippen molar-refractivity contribution >= 4 is 0 Å². The van der Waals surface area contributed by atoms with Gasteiger partial charge in [-0.25, -0.2) is 5.43 Å². The Balaban J connectivity index is 1.93. The van der Waals surface area contributed by atoms with Crippen LogP contribution in [0.4, 0.5) is 0 Å². The average Bonchev–Trinajstić information content (AvgIpc) is 2.05. The Bertz CT molecular complexity index is 87.8. The summed E-state index contributed by atoms with van der Waals surface area (Å²) in [7, 11) is 0. The summed E-state index contributed by atoms with van der Waals surface area (Å²) in [5.41, 5.74) is 7.46. The van der Waals surface area contributed by atoms with Crippen LogP contribution in [0.25, 0.3) is 0 Å². The molecule has 1 aliphatic heterocycles. The molecule has 2 heteroatoms. The minimum Gasteiger partial charge on any atom is -0.237 e. The third kappa shape index (κ3) is 1.18. The highest BCUT2D eigenvalue weighted by Gasteiger charge is 2.27. The van der Waals surface area contributed by atoms with Gasteiger partial charge in [0, 0.05) is 12.6 Å². The maximum absolute atomic E-state index is 4.21. The van der Waals surface area contributed by atoms with E-state index in [4.69, 9.17) is 0 Å². The molecular formula is C8H15N2. The predicted molar refractivity (Wildman–Crippen MR) is 40.5 cm³/mol. The standard InChI is InChI=1S/C8H15N2/c1-2-4-8-7(3-1)5-6-9-10-8/h7-8,10H,1-6H2. The highest BCUT2D eigenvalue weighted by molar-refractivity contribution is 4.82. The van der Waals surface area contributed by atoms with E-state index in [0.717, 1.165) is 18.5 Å². The fraction of sp³-hybridized carbons (Fsp3) is 1.00. The molecule has 0 aromatic rings. The summed E-state index contributed by atoms with van der Waals surface area (Å²) in [6.07, 6.45) is 6.98. The van der Waals surface area contributed by atoms with E-state index in [1.54, 1.807) is 0 Å². The van der Waals surface area contributed by atoms with Gasteiger partial charge in [0.1, 0.15) is 0 Å². The quantitative estimate of drug-likeness (QED) is 0.533. The van der Waals surface area contributed by atoms with Crippen LogP contribution in [0.2, 0.25) is 0 Å². The van der Waals surface area contributed by atoms with Crippen molar-refractivity contribution in [1.82, 2.24) is 10.9 Å². The molecule has 0 spiro atoms. The van der Waals surface area contributed by atoms with Crippen molar-refractivity contribution in [3.05, 3.63) is 0 Å². The molecule has 57 valence electrons. The normalized spacial score (nSPS) is 40.8. The Kier molecular flexibility index (Phi) is 1.91. The Labute approximate surface area is 62.4 Å². The molecule has 1 saturated carbocycles. The molecule has 2 unspecified atom stereocenters. The molecule has 1 saturated heterocycles. The zero-order valence-corrected chi connectivity index (χ0v) is 6.34. The Morgan fingerprint density at radius 2 is 2.00 bits per heavy atom. The molecule has 1 N–H and O–H groups in total. The lowest BCUT2D eigenvalue weighted by Crippen LogP contribution is -2.48. The third-order valence-electron chi connectivity index (χ3n) is 2.78. The van der Waals surface area contributed by atoms with Gasteiger partial charge >= 0.3 is 0 Å². The van der Waals surface area contributed by atoms with Gasteiger partial charge in [0.2, 0.25) is 0 Å². The first kappa shape index (κ1) is 6.62. The largest absolute Gasteiger partial charge is 0.237 e. The smallest absolute Gasteiger partial charge is 0.0307 e. The molecule has 2 fully saturated rings. The lowest BCUT2D eigenvalue weighted by Gasteiger charge is -2.35. The fourth-order valence-corrected chi connectivity index (χ4v) is 2.14. The van der Waals surface area contributed by atoms with Crippen LogP contribution in [-0.4, -0.2) is 12.6 Å². The summed E-state index contributed by atoms with van der Waals surface area (Å²) in [6.45, 7) is 1.04. The Morgan fingerprint density at radius 3 is 2.90 bits per heavy atom. The summed E-state index contributed by atoms with van der Waals surface area (Å²) in [5.74, 6) is 0.950. The molecule has 0 aromatic carbocycles. The van der Waals surface area contributed by atoms with Crippen LogP contribution < -0.4 is 10.9 Å². The van der Waals surface area contributed by atoms with E-state index in [0.29, 0.717) is 0 Å². The van der Waals surface area contributed by atoms with Crippen LogP contribution in [0.5, 0.6) is 0 Å². The third-order valence-corrected chi connectivity index (χ3v) is 2.78. The lowest BCUT2D eigenvalue weighted by molar-refractivity contribution is 0.182. The number of fused-ring (bicyclic) bond motifs is 1. The minimum atomic E-state index is 0.738. The van der Waals surface area contributed by atoms with Crippen molar-refractivity contribution in [1.29, 1.82) is 0 Å². The van der Waals surface area contributed by atoms with Gasteiger partial charge in [-0.2, -0.15) is 5.43 Å². The highest BCUT2D eigenvalue weighted by atomic mass is 15.4. The van der Waals surface area contributed by atoms with Crippen LogP contribution in [0, 0.1) is 5.92 Å². The molecule has 0 amide bonds. The lowest BCUT2D eigenvalue weighted by atomic mass is 9.82. The van der Waals surface area contributed by atoms with E-state index in [-0.39, 0.29) is 0 Å². The first-order chi connectivity index (χ1) is 4.97. The van der Waals surface area contributed by atoms with Crippen LogP contribution in [-0.2, 0) is 0 Å². The fourth-order valence-electron chi connectivity index (χ4n) is 2.14. The average molecular weight is 139 g/mol. The van der Waals surface area contributed by atoms with Crippen molar-refractivity contribution < 1.29 is 0 Å². The van der Waals surface area contributed by atoms with Gasteiger partial charge in [0.05, 0.1) is 0 Å². The Hall–Kier alpha value is -0.0800. The molecule has 1 radical (unpaired) electrons. The minimum absolute atomic E-state index is 0.738. The van der Waals surface area contributed by atoms with Crippen molar-refractivity contribution in [2.45, 2.75) is 38.1 Å². The first-order valence-corrected chi connectivity index (χ1v) is 4.39. The van der Waals surface area contributed by atoms with Gasteiger partial charge < -0.3 is 0 Å². The SMILES string of the molecule is C1CCC2N[N]CCC2C1. The van der Waals surface area contributed by atoms with Gasteiger partial charge in [0.25, 0.3) is 0 Å². The summed E-state index contributed by atoms with van der Waals surface area (Å²) in [5, 5.41) is 0. The molecule has 2 nitrogen and oxygen atoms in total. The van der Waals surface area contributed by atoms with Gasteiger partial charge in [-0.15, -0.1) is 0 Å². The summed E-state index contributed by atoms with van der Waals surface area (Å²) in [4.78, 5) is 0. The molecule has 1 heterocycles. The second-order valence-electron chi connectivity index (χ2n) is 3.45. The second kappa shape index (κ2) is 2.89. The van der Waals surface area contributed by atoms with Gasteiger partial charge in [-0.1, -0.05) is 12.8 Å². The Morgan fingerprint density at radius 1 is 1.10 bits per heavy atom.